The summed E-state index contributed by atoms with van der Waals surface area (Å²) in [4.78, 5) is 0. The van der Waals surface area contributed by atoms with Gasteiger partial charge in [-0.05, 0) is 62.7 Å². The van der Waals surface area contributed by atoms with E-state index in [2.05, 4.69) is 27.7 Å². The molecule has 0 aromatic heterocycles. The monoisotopic (exact) mass is 238 g/mol. The Morgan fingerprint density at radius 2 is 1.76 bits per heavy atom. The van der Waals surface area contributed by atoms with Gasteiger partial charge in [-0.1, -0.05) is 13.8 Å². The van der Waals surface area contributed by atoms with E-state index in [-0.39, 0.29) is 17.8 Å². The van der Waals surface area contributed by atoms with Crippen LogP contribution in [0.1, 0.15) is 53.4 Å². The molecule has 2 aliphatic carbocycles. The maximum absolute atomic E-state index is 9.82. The van der Waals surface area contributed by atoms with E-state index in [0.29, 0.717) is 17.3 Å². The molecule has 4 aliphatic rings. The number of hydrogen-bond acceptors (Lipinski definition) is 2. The Labute approximate surface area is 105 Å². The highest BCUT2D eigenvalue weighted by atomic mass is 16.5. The predicted molar refractivity (Wildman–Crippen MR) is 67.7 cm³/mol. The van der Waals surface area contributed by atoms with E-state index in [1.54, 1.807) is 0 Å². The van der Waals surface area contributed by atoms with Crippen molar-refractivity contribution in [2.45, 2.75) is 64.6 Å². The molecule has 0 spiro atoms. The van der Waals surface area contributed by atoms with Gasteiger partial charge in [0.15, 0.2) is 0 Å². The van der Waals surface area contributed by atoms with E-state index in [1.807, 2.05) is 0 Å². The lowest BCUT2D eigenvalue weighted by Crippen LogP contribution is -2.51. The number of fused-ring (bicyclic) bond motifs is 2. The molecule has 17 heavy (non-hydrogen) atoms. The maximum Gasteiger partial charge on any atom is 0.0922 e. The standard InChI is InChI=1S/C15H26O2/c1-10-13(2)7-5-12-11(13)6-8-14(10,3)17-15(12,4)9-16/h10-12,16H,5-9H2,1-4H3/t10-,11-,12-,13-,14?,15?/m1/s1. The van der Waals surface area contributed by atoms with E-state index in [1.165, 1.54) is 25.7 Å². The highest BCUT2D eigenvalue weighted by Crippen LogP contribution is 2.66. The summed E-state index contributed by atoms with van der Waals surface area (Å²) in [6.45, 7) is 9.42. The average Bonchev–Trinajstić information content (AvgIpc) is 2.56. The van der Waals surface area contributed by atoms with Crippen molar-refractivity contribution in [3.8, 4) is 0 Å². The second-order valence-electron chi connectivity index (χ2n) is 7.40. The fourth-order valence-electron chi connectivity index (χ4n) is 5.37. The third-order valence-corrected chi connectivity index (χ3v) is 6.75. The Morgan fingerprint density at radius 1 is 1.12 bits per heavy atom. The van der Waals surface area contributed by atoms with Crippen LogP contribution >= 0.6 is 0 Å². The first-order valence-corrected chi connectivity index (χ1v) is 7.17. The Morgan fingerprint density at radius 3 is 2.41 bits per heavy atom. The maximum atomic E-state index is 9.82. The summed E-state index contributed by atoms with van der Waals surface area (Å²) in [6.07, 6.45) is 5.01. The lowest BCUT2D eigenvalue weighted by molar-refractivity contribution is -0.201. The molecule has 4 bridgehead atoms. The van der Waals surface area contributed by atoms with Crippen molar-refractivity contribution in [3.63, 3.8) is 0 Å². The van der Waals surface area contributed by atoms with E-state index < -0.39 is 0 Å². The van der Waals surface area contributed by atoms with Crippen LogP contribution in [0.4, 0.5) is 0 Å². The summed E-state index contributed by atoms with van der Waals surface area (Å²) in [6, 6.07) is 0. The molecule has 2 saturated heterocycles. The topological polar surface area (TPSA) is 29.5 Å². The zero-order valence-electron chi connectivity index (χ0n) is 11.6. The molecule has 98 valence electrons. The zero-order valence-corrected chi connectivity index (χ0v) is 11.6. The molecule has 2 heteroatoms. The van der Waals surface area contributed by atoms with Crippen LogP contribution in [0.2, 0.25) is 0 Å². The molecule has 1 N–H and O–H groups in total. The summed E-state index contributed by atoms with van der Waals surface area (Å²) < 4.78 is 6.49. The van der Waals surface area contributed by atoms with Crippen LogP contribution in [0.3, 0.4) is 0 Å². The van der Waals surface area contributed by atoms with E-state index in [0.717, 1.165) is 5.92 Å². The van der Waals surface area contributed by atoms with Crippen molar-refractivity contribution in [2.24, 2.45) is 23.2 Å². The van der Waals surface area contributed by atoms with Crippen molar-refractivity contribution in [2.75, 3.05) is 6.61 Å². The largest absolute Gasteiger partial charge is 0.393 e. The molecule has 0 aromatic rings. The molecule has 2 unspecified atom stereocenters. The highest BCUT2D eigenvalue weighted by molar-refractivity contribution is 5.13. The van der Waals surface area contributed by atoms with Gasteiger partial charge in [0, 0.05) is 0 Å². The number of ether oxygens (including phenoxy) is 1. The van der Waals surface area contributed by atoms with Gasteiger partial charge >= 0.3 is 0 Å². The van der Waals surface area contributed by atoms with Crippen LogP contribution in [0.25, 0.3) is 0 Å². The van der Waals surface area contributed by atoms with Crippen LogP contribution in [-0.2, 0) is 4.74 Å². The lowest BCUT2D eigenvalue weighted by Gasteiger charge is -2.51. The Hall–Kier alpha value is -0.0800. The van der Waals surface area contributed by atoms with Gasteiger partial charge in [-0.15, -0.1) is 0 Å². The smallest absolute Gasteiger partial charge is 0.0922 e. The molecule has 0 aromatic carbocycles. The van der Waals surface area contributed by atoms with Crippen molar-refractivity contribution >= 4 is 0 Å². The third-order valence-electron chi connectivity index (χ3n) is 6.75. The summed E-state index contributed by atoms with van der Waals surface area (Å²) >= 11 is 0. The van der Waals surface area contributed by atoms with E-state index in [4.69, 9.17) is 4.74 Å². The molecular formula is C15H26O2. The molecule has 4 rings (SSSR count). The fraction of sp³-hybridized carbons (Fsp3) is 1.00. The van der Waals surface area contributed by atoms with Gasteiger partial charge < -0.3 is 9.84 Å². The third kappa shape index (κ3) is 1.29. The van der Waals surface area contributed by atoms with Gasteiger partial charge in [0.25, 0.3) is 0 Å². The van der Waals surface area contributed by atoms with Gasteiger partial charge in [-0.25, -0.2) is 0 Å². The first-order valence-electron chi connectivity index (χ1n) is 7.17. The van der Waals surface area contributed by atoms with Gasteiger partial charge in [-0.3, -0.25) is 0 Å². The quantitative estimate of drug-likeness (QED) is 0.761. The Kier molecular flexibility index (Phi) is 2.30. The van der Waals surface area contributed by atoms with Gasteiger partial charge in [0.1, 0.15) is 0 Å². The van der Waals surface area contributed by atoms with Crippen LogP contribution in [-0.4, -0.2) is 22.9 Å². The van der Waals surface area contributed by atoms with Crippen LogP contribution in [0, 0.1) is 23.2 Å². The van der Waals surface area contributed by atoms with E-state index >= 15 is 0 Å². The molecule has 2 saturated carbocycles. The number of rotatable bonds is 1. The minimum atomic E-state index is -0.307. The van der Waals surface area contributed by atoms with Crippen LogP contribution < -0.4 is 0 Å². The molecule has 2 heterocycles. The fourth-order valence-corrected chi connectivity index (χ4v) is 5.37. The van der Waals surface area contributed by atoms with Gasteiger partial charge in [-0.2, -0.15) is 0 Å². The molecule has 0 radical (unpaired) electrons. The molecular weight excluding hydrogens is 212 g/mol. The molecule has 2 nitrogen and oxygen atoms in total. The van der Waals surface area contributed by atoms with Crippen molar-refractivity contribution in [3.05, 3.63) is 0 Å². The molecule has 0 amide bonds. The second-order valence-corrected chi connectivity index (χ2v) is 7.40. The minimum absolute atomic E-state index is 0.0299. The first-order chi connectivity index (χ1) is 7.86. The number of aliphatic hydroxyl groups excluding tert-OH is 1. The second kappa shape index (κ2) is 3.27. The molecule has 2 aliphatic heterocycles. The van der Waals surface area contributed by atoms with Crippen molar-refractivity contribution in [1.29, 1.82) is 0 Å². The minimum Gasteiger partial charge on any atom is -0.393 e. The summed E-state index contributed by atoms with van der Waals surface area (Å²) in [7, 11) is 0. The first kappa shape index (κ1) is 12.0. The summed E-state index contributed by atoms with van der Waals surface area (Å²) in [5.41, 5.74) is 0.0981. The van der Waals surface area contributed by atoms with Crippen molar-refractivity contribution in [1.82, 2.24) is 0 Å². The average molecular weight is 238 g/mol. The Bertz CT molecular complexity index is 340. The number of aliphatic hydroxyl groups is 1. The normalized spacial score (nSPS) is 61.6. The SMILES string of the molecule is C[C@H]1C2(C)CC[C@@H]3[C@@H](CC[C@@]31C)C(C)(CO)O2. The lowest BCUT2D eigenvalue weighted by atomic mass is 9.57. The Balaban J connectivity index is 2.12. The molecule has 6 atom stereocenters. The van der Waals surface area contributed by atoms with Crippen molar-refractivity contribution < 1.29 is 9.84 Å². The van der Waals surface area contributed by atoms with E-state index in [9.17, 15) is 5.11 Å². The highest BCUT2D eigenvalue weighted by Gasteiger charge is 2.65. The van der Waals surface area contributed by atoms with Crippen LogP contribution in [0.15, 0.2) is 0 Å². The van der Waals surface area contributed by atoms with Crippen LogP contribution in [0.5, 0.6) is 0 Å². The zero-order chi connectivity index (χ0) is 12.5. The summed E-state index contributed by atoms with van der Waals surface area (Å²) in [5.74, 6) is 1.92. The number of hydrogen-bond donors (Lipinski definition) is 1. The molecule has 4 fully saturated rings. The van der Waals surface area contributed by atoms with Gasteiger partial charge in [0.2, 0.25) is 0 Å². The van der Waals surface area contributed by atoms with Gasteiger partial charge in [0.05, 0.1) is 17.8 Å². The predicted octanol–water partition coefficient (Wildman–Crippen LogP) is 2.99. The summed E-state index contributed by atoms with van der Waals surface area (Å²) in [5, 5.41) is 9.82.